The zero-order valence-corrected chi connectivity index (χ0v) is 26.0. The van der Waals surface area contributed by atoms with E-state index in [0.29, 0.717) is 12.1 Å². The van der Waals surface area contributed by atoms with Gasteiger partial charge in [0.2, 0.25) is 5.91 Å². The number of amides is 1. The number of nitrogens with one attached hydrogen (secondary N) is 1. The second kappa shape index (κ2) is 15.1. The molecule has 1 N–H and O–H groups in total. The quantitative estimate of drug-likeness (QED) is 0.318. The Kier molecular flexibility index (Phi) is 10.3. The number of nitrogens with zero attached hydrogens (tertiary/aromatic N) is 6. The van der Waals surface area contributed by atoms with E-state index < -0.39 is 48.5 Å². The molecule has 2 aliphatic rings. The van der Waals surface area contributed by atoms with Crippen molar-refractivity contribution < 1.29 is 33.3 Å². The van der Waals surface area contributed by atoms with Crippen molar-refractivity contribution in [3.63, 3.8) is 0 Å². The van der Waals surface area contributed by atoms with Gasteiger partial charge in [0.25, 0.3) is 0 Å². The van der Waals surface area contributed by atoms with Gasteiger partial charge in [0.1, 0.15) is 12.1 Å². The fraction of sp³-hybridized carbons (Fsp3) is 0.424. The molecular formula is C33H37N7O7. The van der Waals surface area contributed by atoms with Crippen LogP contribution >= 0.6 is 0 Å². The van der Waals surface area contributed by atoms with Crippen LogP contribution in [-0.2, 0) is 49.7 Å². The zero-order chi connectivity index (χ0) is 32.6. The van der Waals surface area contributed by atoms with Gasteiger partial charge in [-0.05, 0) is 49.9 Å². The average Bonchev–Trinajstić information content (AvgIpc) is 3.73. The molecule has 14 heteroatoms. The van der Waals surface area contributed by atoms with Crippen LogP contribution in [0.1, 0.15) is 58.3 Å². The summed E-state index contributed by atoms with van der Waals surface area (Å²) in [6, 6.07) is 15.9. The molecule has 0 unspecified atom stereocenters. The van der Waals surface area contributed by atoms with Crippen molar-refractivity contribution in [3.05, 3.63) is 95.6 Å². The van der Waals surface area contributed by atoms with E-state index in [-0.39, 0.29) is 18.7 Å². The van der Waals surface area contributed by atoms with E-state index in [1.165, 1.54) is 6.92 Å². The van der Waals surface area contributed by atoms with Crippen molar-refractivity contribution in [2.75, 3.05) is 6.61 Å². The largest absolute Gasteiger partial charge is 0.452 e. The number of hydrogen-bond donors (Lipinski definition) is 1. The summed E-state index contributed by atoms with van der Waals surface area (Å²) in [6.45, 7) is 1.93. The molecule has 47 heavy (non-hydrogen) atoms. The van der Waals surface area contributed by atoms with Crippen LogP contribution in [0.5, 0.6) is 0 Å². The maximum atomic E-state index is 13.5. The first-order chi connectivity index (χ1) is 22.9. The third kappa shape index (κ3) is 8.26. The number of carbonyl (C=O) groups excluding carboxylic acids is 3. The number of aryl methyl sites for hydroxylation is 2. The minimum Gasteiger partial charge on any atom is -0.452 e. The first kappa shape index (κ1) is 32.0. The van der Waals surface area contributed by atoms with Crippen LogP contribution in [0.25, 0.3) is 0 Å². The van der Waals surface area contributed by atoms with Gasteiger partial charge in [0.05, 0.1) is 42.2 Å². The van der Waals surface area contributed by atoms with Gasteiger partial charge >= 0.3 is 11.9 Å². The summed E-state index contributed by atoms with van der Waals surface area (Å²) in [5, 5.41) is 20.0. The molecule has 5 atom stereocenters. The second-order valence-corrected chi connectivity index (χ2v) is 11.6. The number of fused-ring (bicyclic) bond motifs is 6. The Morgan fingerprint density at radius 2 is 1.36 bits per heavy atom. The Morgan fingerprint density at radius 1 is 0.787 bits per heavy atom. The van der Waals surface area contributed by atoms with Gasteiger partial charge in [-0.25, -0.2) is 19.0 Å². The minimum absolute atomic E-state index is 0.0954. The fourth-order valence-corrected chi connectivity index (χ4v) is 5.74. The number of hydrogen-bond acceptors (Lipinski definition) is 11. The molecule has 4 heterocycles. The van der Waals surface area contributed by atoms with E-state index in [1.54, 1.807) is 70.0 Å². The second-order valence-electron chi connectivity index (χ2n) is 11.6. The topological polar surface area (TPSA) is 162 Å². The summed E-state index contributed by atoms with van der Waals surface area (Å²) in [5.41, 5.74) is 2.28. The van der Waals surface area contributed by atoms with E-state index in [4.69, 9.17) is 18.9 Å². The van der Waals surface area contributed by atoms with Crippen molar-refractivity contribution in [1.82, 2.24) is 35.3 Å². The number of aromatic nitrogens is 6. The monoisotopic (exact) mass is 643 g/mol. The highest BCUT2D eigenvalue weighted by Crippen LogP contribution is 2.30. The van der Waals surface area contributed by atoms with Crippen LogP contribution in [0.4, 0.5) is 0 Å². The van der Waals surface area contributed by atoms with E-state index in [2.05, 4.69) is 25.9 Å². The Hall–Kier alpha value is -4.95. The average molecular weight is 644 g/mol. The Balaban J connectivity index is 1.37. The van der Waals surface area contributed by atoms with Crippen LogP contribution in [0.3, 0.4) is 0 Å². The summed E-state index contributed by atoms with van der Waals surface area (Å²) in [4.78, 5) is 39.6. The number of benzene rings is 2. The normalized spacial score (nSPS) is 23.5. The van der Waals surface area contributed by atoms with Crippen LogP contribution in [0.2, 0.25) is 0 Å². The lowest BCUT2D eigenvalue weighted by Crippen LogP contribution is -2.66. The molecule has 0 aliphatic carbocycles. The summed E-state index contributed by atoms with van der Waals surface area (Å²) in [7, 11) is 0. The zero-order valence-electron chi connectivity index (χ0n) is 26.0. The van der Waals surface area contributed by atoms with Gasteiger partial charge in [-0.1, -0.05) is 53.2 Å². The molecule has 4 aromatic rings. The predicted octanol–water partition coefficient (Wildman–Crippen LogP) is 2.54. The van der Waals surface area contributed by atoms with E-state index in [1.807, 2.05) is 12.4 Å². The van der Waals surface area contributed by atoms with E-state index >= 15 is 0 Å². The van der Waals surface area contributed by atoms with Crippen molar-refractivity contribution in [3.8, 4) is 0 Å². The highest BCUT2D eigenvalue weighted by atomic mass is 16.7. The SMILES string of the molecule is CC(=O)N[C@H]1[C@H]2OCCn3cc(nn3)CCCCCc3cn(nn3)C[C@@H](O2)[C@@H](OC(=O)c2ccccc2)[C@@H]1OC(=O)c1ccccc1. The van der Waals surface area contributed by atoms with Crippen molar-refractivity contribution >= 4 is 17.8 Å². The molecule has 0 saturated carbocycles. The van der Waals surface area contributed by atoms with Crippen LogP contribution < -0.4 is 5.32 Å². The molecule has 2 aromatic heterocycles. The van der Waals surface area contributed by atoms with Crippen molar-refractivity contribution in [2.45, 2.75) is 82.8 Å². The molecule has 2 aromatic carbocycles. The van der Waals surface area contributed by atoms with Crippen LogP contribution in [0, 0.1) is 0 Å². The number of carbonyl (C=O) groups is 3. The molecule has 1 fully saturated rings. The molecule has 14 nitrogen and oxygen atoms in total. The molecule has 246 valence electrons. The van der Waals surface area contributed by atoms with E-state index in [0.717, 1.165) is 43.5 Å². The lowest BCUT2D eigenvalue weighted by atomic mass is 9.95. The third-order valence-electron chi connectivity index (χ3n) is 8.03. The van der Waals surface area contributed by atoms with Crippen LogP contribution in [-0.4, -0.2) is 85.1 Å². The standard InChI is InChI=1S/C33H37N7O7/c1-22(41)34-28-30(47-32(43)24-13-7-3-8-14-24)29(46-31(42)23-11-5-2-6-12-23)27-21-40-20-26(36-38-40)16-10-4-9-15-25-19-39(37-35-25)17-18-44-33(28)45-27/h2-3,5-8,11-14,19-20,27-30,33H,4,9-10,15-18,21H2,1H3,(H,34,41)/t27-,28-,29-,30-,33+/m1/s1. The lowest BCUT2D eigenvalue weighted by molar-refractivity contribution is -0.267. The molecule has 1 amide bonds. The number of ether oxygens (including phenoxy) is 4. The minimum atomic E-state index is -1.21. The molecule has 6 rings (SSSR count). The van der Waals surface area contributed by atoms with Crippen LogP contribution in [0.15, 0.2) is 73.1 Å². The first-order valence-electron chi connectivity index (χ1n) is 15.8. The highest BCUT2D eigenvalue weighted by molar-refractivity contribution is 5.90. The first-order valence-corrected chi connectivity index (χ1v) is 15.8. The summed E-state index contributed by atoms with van der Waals surface area (Å²) in [5.74, 6) is -1.74. The summed E-state index contributed by atoms with van der Waals surface area (Å²) in [6.07, 6.45) is 3.73. The summed E-state index contributed by atoms with van der Waals surface area (Å²) >= 11 is 0. The van der Waals surface area contributed by atoms with Crippen molar-refractivity contribution in [2.24, 2.45) is 0 Å². The lowest BCUT2D eigenvalue weighted by Gasteiger charge is -2.45. The number of rotatable bonds is 5. The van der Waals surface area contributed by atoms with Gasteiger partial charge in [-0.3, -0.25) is 4.79 Å². The smallest absolute Gasteiger partial charge is 0.338 e. The van der Waals surface area contributed by atoms with Gasteiger partial charge < -0.3 is 24.3 Å². The van der Waals surface area contributed by atoms with E-state index in [9.17, 15) is 14.4 Å². The third-order valence-corrected chi connectivity index (χ3v) is 8.03. The molecule has 0 spiro atoms. The number of esters is 2. The molecule has 2 aliphatic heterocycles. The molecule has 1 saturated heterocycles. The Labute approximate surface area is 271 Å². The predicted molar refractivity (Wildman–Crippen MR) is 165 cm³/mol. The molecule has 6 bridgehead atoms. The Bertz CT molecular complexity index is 1640. The van der Waals surface area contributed by atoms with Gasteiger partial charge in [-0.15, -0.1) is 10.2 Å². The summed E-state index contributed by atoms with van der Waals surface area (Å²) < 4.78 is 28.2. The maximum absolute atomic E-state index is 13.5. The molecule has 0 radical (unpaired) electrons. The van der Waals surface area contributed by atoms with Gasteiger partial charge in [0.15, 0.2) is 18.5 Å². The Morgan fingerprint density at radius 3 is 1.98 bits per heavy atom. The maximum Gasteiger partial charge on any atom is 0.338 e. The van der Waals surface area contributed by atoms with Crippen molar-refractivity contribution in [1.29, 1.82) is 0 Å². The van der Waals surface area contributed by atoms with Gasteiger partial charge in [-0.2, -0.15) is 0 Å². The van der Waals surface area contributed by atoms with Gasteiger partial charge in [0, 0.05) is 19.3 Å². The fourth-order valence-electron chi connectivity index (χ4n) is 5.74. The highest BCUT2D eigenvalue weighted by Gasteiger charge is 2.51. The molecular weight excluding hydrogens is 606 g/mol.